The van der Waals surface area contributed by atoms with E-state index in [0.29, 0.717) is 22.0 Å². The number of amides is 1. The van der Waals surface area contributed by atoms with Gasteiger partial charge in [-0.2, -0.15) is 0 Å². The molecule has 4 aromatic rings. The van der Waals surface area contributed by atoms with Gasteiger partial charge in [0.2, 0.25) is 5.78 Å². The largest absolute Gasteiger partial charge is 0.352 e. The summed E-state index contributed by atoms with van der Waals surface area (Å²) >= 11 is 0. The monoisotopic (exact) mass is 477 g/mol. The van der Waals surface area contributed by atoms with E-state index >= 15 is 0 Å². The van der Waals surface area contributed by atoms with Crippen LogP contribution in [0.2, 0.25) is 0 Å². The predicted octanol–water partition coefficient (Wildman–Crippen LogP) is 3.64. The molecule has 0 saturated heterocycles. The average Bonchev–Trinajstić information content (AvgIpc) is 3.16. The highest BCUT2D eigenvalue weighted by atomic mass is 19.1. The SMILES string of the molecule is CC(C)n1c(=O)c2ccc(C(=O)NC3CCCCC3)cc2n2c(=O)n(Cc3ccccc3F)nc12. The smallest absolute Gasteiger partial charge is 0.349 e. The zero-order valence-electron chi connectivity index (χ0n) is 19.8. The third-order valence-corrected chi connectivity index (χ3v) is 6.72. The van der Waals surface area contributed by atoms with Crippen LogP contribution in [0.4, 0.5) is 4.39 Å². The summed E-state index contributed by atoms with van der Waals surface area (Å²) in [5.41, 5.74) is 0.188. The van der Waals surface area contributed by atoms with Gasteiger partial charge in [-0.25, -0.2) is 18.3 Å². The number of halogens is 1. The number of nitrogens with one attached hydrogen (secondary N) is 1. The van der Waals surface area contributed by atoms with Crippen molar-refractivity contribution in [2.75, 3.05) is 0 Å². The summed E-state index contributed by atoms with van der Waals surface area (Å²) in [7, 11) is 0. The Morgan fingerprint density at radius 2 is 1.86 bits per heavy atom. The Morgan fingerprint density at radius 3 is 2.57 bits per heavy atom. The molecule has 1 fully saturated rings. The molecule has 1 aliphatic rings. The first-order valence-corrected chi connectivity index (χ1v) is 12.1. The molecule has 9 heteroatoms. The minimum atomic E-state index is -0.507. The van der Waals surface area contributed by atoms with E-state index in [-0.39, 0.29) is 35.9 Å². The zero-order valence-corrected chi connectivity index (χ0v) is 19.8. The molecule has 1 N–H and O–H groups in total. The summed E-state index contributed by atoms with van der Waals surface area (Å²) in [4.78, 5) is 39.8. The molecule has 2 heterocycles. The van der Waals surface area contributed by atoms with Crippen molar-refractivity contribution in [1.29, 1.82) is 0 Å². The number of hydrogen-bond donors (Lipinski definition) is 1. The maximum atomic E-state index is 14.3. The van der Waals surface area contributed by atoms with Crippen LogP contribution in [-0.4, -0.2) is 30.7 Å². The fourth-order valence-corrected chi connectivity index (χ4v) is 4.89. The number of aromatic nitrogens is 4. The molecule has 0 atom stereocenters. The van der Waals surface area contributed by atoms with Crippen molar-refractivity contribution >= 4 is 22.6 Å². The van der Waals surface area contributed by atoms with Crippen LogP contribution >= 0.6 is 0 Å². The average molecular weight is 478 g/mol. The lowest BCUT2D eigenvalue weighted by molar-refractivity contribution is 0.0928. The van der Waals surface area contributed by atoms with Crippen molar-refractivity contribution in [3.8, 4) is 0 Å². The van der Waals surface area contributed by atoms with Crippen molar-refractivity contribution in [2.45, 2.75) is 64.6 Å². The number of fused-ring (bicyclic) bond motifs is 3. The second kappa shape index (κ2) is 9.13. The number of rotatable bonds is 5. The number of carbonyl (C=O) groups excluding carboxylic acids is 1. The Morgan fingerprint density at radius 1 is 1.11 bits per heavy atom. The molecule has 5 rings (SSSR count). The first-order chi connectivity index (χ1) is 16.8. The molecule has 2 aromatic carbocycles. The van der Waals surface area contributed by atoms with Gasteiger partial charge >= 0.3 is 5.69 Å². The van der Waals surface area contributed by atoms with Crippen molar-refractivity contribution in [3.05, 3.63) is 80.2 Å². The maximum absolute atomic E-state index is 14.3. The number of hydrogen-bond acceptors (Lipinski definition) is 4. The van der Waals surface area contributed by atoms with Gasteiger partial charge in [-0.3, -0.25) is 14.2 Å². The molecule has 35 heavy (non-hydrogen) atoms. The highest BCUT2D eigenvalue weighted by Gasteiger charge is 2.22. The summed E-state index contributed by atoms with van der Waals surface area (Å²) < 4.78 is 18.2. The molecule has 0 radical (unpaired) electrons. The Balaban J connectivity index is 1.67. The van der Waals surface area contributed by atoms with E-state index in [2.05, 4.69) is 10.4 Å². The summed E-state index contributed by atoms with van der Waals surface area (Å²) in [6, 6.07) is 10.8. The van der Waals surface area contributed by atoms with Gasteiger partial charge in [0.25, 0.3) is 11.5 Å². The van der Waals surface area contributed by atoms with E-state index in [1.807, 2.05) is 13.8 Å². The summed E-state index contributed by atoms with van der Waals surface area (Å²) in [6.45, 7) is 3.59. The van der Waals surface area contributed by atoms with E-state index in [1.165, 1.54) is 21.5 Å². The van der Waals surface area contributed by atoms with Gasteiger partial charge in [-0.1, -0.05) is 37.5 Å². The van der Waals surface area contributed by atoms with Crippen molar-refractivity contribution in [1.82, 2.24) is 24.1 Å². The van der Waals surface area contributed by atoms with Gasteiger partial charge in [0.05, 0.1) is 17.4 Å². The van der Waals surface area contributed by atoms with Crippen molar-refractivity contribution in [3.63, 3.8) is 0 Å². The lowest BCUT2D eigenvalue weighted by Gasteiger charge is -2.22. The molecule has 1 amide bonds. The Bertz CT molecular complexity index is 1540. The maximum Gasteiger partial charge on any atom is 0.352 e. The summed E-state index contributed by atoms with van der Waals surface area (Å²) in [5, 5.41) is 7.80. The van der Waals surface area contributed by atoms with Gasteiger partial charge in [0.15, 0.2) is 0 Å². The normalized spacial score (nSPS) is 14.7. The second-order valence-electron chi connectivity index (χ2n) is 9.48. The topological polar surface area (TPSA) is 90.4 Å². The van der Waals surface area contributed by atoms with Crippen LogP contribution in [0.15, 0.2) is 52.1 Å². The van der Waals surface area contributed by atoms with Crippen LogP contribution in [-0.2, 0) is 6.54 Å². The molecular weight excluding hydrogens is 449 g/mol. The third-order valence-electron chi connectivity index (χ3n) is 6.72. The molecule has 0 spiro atoms. The van der Waals surface area contributed by atoms with Gasteiger partial charge in [0.1, 0.15) is 5.82 Å². The Labute approximate surface area is 201 Å². The molecule has 0 bridgehead atoms. The number of benzene rings is 2. The molecule has 0 unspecified atom stereocenters. The van der Waals surface area contributed by atoms with Crippen LogP contribution < -0.4 is 16.6 Å². The lowest BCUT2D eigenvalue weighted by atomic mass is 9.95. The van der Waals surface area contributed by atoms with E-state index < -0.39 is 11.5 Å². The number of nitrogens with zero attached hydrogens (tertiary/aromatic N) is 4. The van der Waals surface area contributed by atoms with Gasteiger partial charge in [-0.15, -0.1) is 5.10 Å². The van der Waals surface area contributed by atoms with Crippen LogP contribution in [0.1, 0.15) is 67.9 Å². The third kappa shape index (κ3) is 4.15. The summed E-state index contributed by atoms with van der Waals surface area (Å²) in [5.74, 6) is -0.514. The predicted molar refractivity (Wildman–Crippen MR) is 131 cm³/mol. The van der Waals surface area contributed by atoms with Crippen molar-refractivity contribution < 1.29 is 9.18 Å². The first-order valence-electron chi connectivity index (χ1n) is 12.1. The fraction of sp³-hybridized carbons (Fsp3) is 0.385. The Kier molecular flexibility index (Phi) is 6.00. The fourth-order valence-electron chi connectivity index (χ4n) is 4.89. The zero-order chi connectivity index (χ0) is 24.7. The number of carbonyl (C=O) groups is 1. The summed E-state index contributed by atoms with van der Waals surface area (Å²) in [6.07, 6.45) is 5.27. The highest BCUT2D eigenvalue weighted by molar-refractivity contribution is 5.98. The highest BCUT2D eigenvalue weighted by Crippen LogP contribution is 2.20. The van der Waals surface area contributed by atoms with E-state index in [9.17, 15) is 18.8 Å². The quantitative estimate of drug-likeness (QED) is 0.475. The van der Waals surface area contributed by atoms with Gasteiger partial charge < -0.3 is 5.32 Å². The van der Waals surface area contributed by atoms with E-state index in [1.54, 1.807) is 36.4 Å². The van der Waals surface area contributed by atoms with E-state index in [4.69, 9.17) is 0 Å². The standard InChI is InChI=1S/C26H28FN5O3/c1-16(2)31-24(34)20-13-12-17(23(33)28-19-9-4-3-5-10-19)14-22(20)32-25(31)29-30(26(32)35)15-18-8-6-7-11-21(18)27/h6-8,11-14,16,19H,3-5,9-10,15H2,1-2H3,(H,28,33). The van der Waals surface area contributed by atoms with Crippen LogP contribution in [0.3, 0.4) is 0 Å². The molecule has 1 aliphatic carbocycles. The molecule has 1 saturated carbocycles. The van der Waals surface area contributed by atoms with Gasteiger partial charge in [-0.05, 0) is 51.0 Å². The lowest BCUT2D eigenvalue weighted by Crippen LogP contribution is -2.36. The molecular formula is C26H28FN5O3. The first kappa shape index (κ1) is 23.0. The van der Waals surface area contributed by atoms with E-state index in [0.717, 1.165) is 30.4 Å². The van der Waals surface area contributed by atoms with Crippen LogP contribution in [0.5, 0.6) is 0 Å². The minimum absolute atomic E-state index is 0.0805. The Hall–Kier alpha value is -3.75. The van der Waals surface area contributed by atoms with Crippen LogP contribution in [0, 0.1) is 5.82 Å². The minimum Gasteiger partial charge on any atom is -0.349 e. The molecule has 2 aromatic heterocycles. The second-order valence-corrected chi connectivity index (χ2v) is 9.48. The molecule has 8 nitrogen and oxygen atoms in total. The van der Waals surface area contributed by atoms with Crippen LogP contribution in [0.25, 0.3) is 16.7 Å². The molecule has 0 aliphatic heterocycles. The molecule has 182 valence electrons. The van der Waals surface area contributed by atoms with Crippen molar-refractivity contribution in [2.24, 2.45) is 0 Å². The van der Waals surface area contributed by atoms with Gasteiger partial charge in [0, 0.05) is 23.2 Å².